The highest BCUT2D eigenvalue weighted by Gasteiger charge is 2.28. The number of unbranched alkanes of at least 4 members (excludes halogenated alkanes) is 5. The number of esters is 2. The van der Waals surface area contributed by atoms with Crippen molar-refractivity contribution in [2.45, 2.75) is 85.0 Å². The molecule has 0 radical (unpaired) electrons. The molecule has 2 aromatic carbocycles. The van der Waals surface area contributed by atoms with Gasteiger partial charge in [-0.15, -0.1) is 0 Å². The number of ether oxygens (including phenoxy) is 2. The number of hydrogen-bond acceptors (Lipinski definition) is 11. The van der Waals surface area contributed by atoms with Crippen LogP contribution in [0.2, 0.25) is 0 Å². The number of nitrogens with one attached hydrogen (secondary N) is 1. The van der Waals surface area contributed by atoms with Crippen LogP contribution in [0.1, 0.15) is 90.5 Å². The van der Waals surface area contributed by atoms with Gasteiger partial charge in [0.25, 0.3) is 5.91 Å². The Morgan fingerprint density at radius 3 is 2.02 bits per heavy atom. The molecule has 1 N–H and O–H groups in total. The van der Waals surface area contributed by atoms with Crippen molar-refractivity contribution < 1.29 is 23.9 Å². The van der Waals surface area contributed by atoms with Crippen LogP contribution >= 0.6 is 0 Å². The van der Waals surface area contributed by atoms with Gasteiger partial charge in [-0.2, -0.15) is 26.0 Å². The number of hydrogen-bond donors (Lipinski definition) is 1. The van der Waals surface area contributed by atoms with Gasteiger partial charge in [-0.3, -0.25) is 14.4 Å². The minimum absolute atomic E-state index is 0.0593. The molecule has 0 saturated carbocycles. The highest BCUT2D eigenvalue weighted by molar-refractivity contribution is 6.05. The Labute approximate surface area is 318 Å². The summed E-state index contributed by atoms with van der Waals surface area (Å²) in [6.45, 7) is 7.57. The molecule has 1 aliphatic rings. The molecule has 1 atom stereocenters. The zero-order chi connectivity index (χ0) is 39.1. The monoisotopic (exact) mass is 731 g/mol. The van der Waals surface area contributed by atoms with Gasteiger partial charge in [0.15, 0.2) is 5.57 Å². The van der Waals surface area contributed by atoms with E-state index in [9.17, 15) is 19.6 Å². The van der Waals surface area contributed by atoms with Crippen molar-refractivity contribution in [3.05, 3.63) is 82.6 Å². The summed E-state index contributed by atoms with van der Waals surface area (Å²) in [5.74, 6) is -1.06. The van der Waals surface area contributed by atoms with Gasteiger partial charge < -0.3 is 19.7 Å². The summed E-state index contributed by atoms with van der Waals surface area (Å²) in [7, 11) is 0. The van der Waals surface area contributed by atoms with Crippen LogP contribution in [0, 0.1) is 39.9 Å². The molecule has 12 nitrogen and oxygen atoms in total. The lowest BCUT2D eigenvalue weighted by atomic mass is 10.00. The number of anilines is 1. The molecule has 0 spiro atoms. The fourth-order valence-corrected chi connectivity index (χ4v) is 5.67. The van der Waals surface area contributed by atoms with Crippen LogP contribution in [-0.2, 0) is 23.9 Å². The van der Waals surface area contributed by atoms with Crippen molar-refractivity contribution in [3.8, 4) is 18.2 Å². The average molecular weight is 732 g/mol. The predicted molar refractivity (Wildman–Crippen MR) is 206 cm³/mol. The summed E-state index contributed by atoms with van der Waals surface area (Å²) in [6, 6.07) is 19.8. The predicted octanol–water partition coefficient (Wildman–Crippen LogP) is 8.84. The number of benzene rings is 2. The second-order valence-corrected chi connectivity index (χ2v) is 12.8. The minimum atomic E-state index is -0.571. The number of azo groups is 1. The Hall–Kier alpha value is -6.06. The molecule has 1 amide bonds. The van der Waals surface area contributed by atoms with Crippen molar-refractivity contribution in [3.63, 3.8) is 0 Å². The standard InChI is InChI=1S/C42H49N7O5/c1-4-7-9-10-11-13-39(50)53-26-24-49(25-27-54-42(52)32(6-3)12-8-5-2)36-21-19-35(20-22-36)48-47-34-17-14-31(15-18-34)16-23-37-38(30-45)40(46-41(37)51)33(28-43)29-44/h14-23,32H,4-13,24-27H2,1-3H3,(H,46,51)/b23-16+,48-47+. The molecule has 12 heteroatoms. The van der Waals surface area contributed by atoms with Gasteiger partial charge in [0, 0.05) is 12.1 Å². The third-order valence-corrected chi connectivity index (χ3v) is 8.87. The molecule has 0 saturated heterocycles. The van der Waals surface area contributed by atoms with Gasteiger partial charge in [0.05, 0.1) is 47.2 Å². The lowest BCUT2D eigenvalue weighted by molar-refractivity contribution is -0.148. The maximum atomic E-state index is 12.7. The summed E-state index contributed by atoms with van der Waals surface area (Å²) < 4.78 is 11.2. The Morgan fingerprint density at radius 1 is 0.815 bits per heavy atom. The largest absolute Gasteiger partial charge is 0.464 e. The van der Waals surface area contributed by atoms with Gasteiger partial charge in [-0.1, -0.05) is 77.5 Å². The lowest BCUT2D eigenvalue weighted by Crippen LogP contribution is -2.32. The van der Waals surface area contributed by atoms with Crippen LogP contribution in [0.15, 0.2) is 87.3 Å². The van der Waals surface area contributed by atoms with E-state index in [1.54, 1.807) is 42.5 Å². The SMILES string of the molecule is CCCCCCCC(=O)OCCN(CCOC(=O)C(CC)CCCC)c1ccc(/N=N/c2ccc(/C=C/C3=C(C#N)C(=C(C#N)C#N)NC3=O)cc2)cc1. The topological polar surface area (TPSA) is 181 Å². The molecule has 1 unspecified atom stereocenters. The Kier molecular flexibility index (Phi) is 18.4. The summed E-state index contributed by atoms with van der Waals surface area (Å²) in [5, 5.41) is 38.9. The van der Waals surface area contributed by atoms with E-state index in [1.165, 1.54) is 12.5 Å². The van der Waals surface area contributed by atoms with Crippen molar-refractivity contribution in [2.24, 2.45) is 16.1 Å². The van der Waals surface area contributed by atoms with Gasteiger partial charge in [0.2, 0.25) is 0 Å². The van der Waals surface area contributed by atoms with Crippen LogP contribution < -0.4 is 10.2 Å². The van der Waals surface area contributed by atoms with Gasteiger partial charge in [0.1, 0.15) is 31.4 Å². The number of nitriles is 3. The molecular weight excluding hydrogens is 683 g/mol. The molecular formula is C42H49N7O5. The number of carbonyl (C=O) groups is 3. The molecule has 3 rings (SSSR count). The number of allylic oxidation sites excluding steroid dienone is 2. The third-order valence-electron chi connectivity index (χ3n) is 8.87. The van der Waals surface area contributed by atoms with E-state index < -0.39 is 5.91 Å². The second kappa shape index (κ2) is 23.5. The molecule has 0 fully saturated rings. The lowest BCUT2D eigenvalue weighted by Gasteiger charge is -2.25. The summed E-state index contributed by atoms with van der Waals surface area (Å²) >= 11 is 0. The Morgan fingerprint density at radius 2 is 1.43 bits per heavy atom. The maximum Gasteiger partial charge on any atom is 0.308 e. The number of nitrogens with zero attached hydrogens (tertiary/aromatic N) is 6. The third kappa shape index (κ3) is 13.5. The van der Waals surface area contributed by atoms with Crippen molar-refractivity contribution >= 4 is 41.0 Å². The van der Waals surface area contributed by atoms with E-state index in [0.29, 0.717) is 30.9 Å². The Balaban J connectivity index is 1.64. The first-order valence-electron chi connectivity index (χ1n) is 18.7. The fraction of sp³-hybridized carbons (Fsp3) is 0.429. The van der Waals surface area contributed by atoms with E-state index in [-0.39, 0.29) is 53.5 Å². The number of rotatable bonds is 22. The zero-order valence-electron chi connectivity index (χ0n) is 31.5. The normalized spacial score (nSPS) is 13.0. The van der Waals surface area contributed by atoms with Crippen LogP contribution in [0.5, 0.6) is 0 Å². The molecule has 1 aliphatic heterocycles. The highest BCUT2D eigenvalue weighted by Crippen LogP contribution is 2.26. The summed E-state index contributed by atoms with van der Waals surface area (Å²) in [5.41, 5.74) is 2.36. The molecule has 0 aromatic heterocycles. The molecule has 0 aliphatic carbocycles. The van der Waals surface area contributed by atoms with E-state index in [1.807, 2.05) is 42.2 Å². The molecule has 2 aromatic rings. The summed E-state index contributed by atoms with van der Waals surface area (Å²) in [4.78, 5) is 39.5. The smallest absolute Gasteiger partial charge is 0.308 e. The highest BCUT2D eigenvalue weighted by atomic mass is 16.5. The Bertz CT molecular complexity index is 1810. The molecule has 1 heterocycles. The molecule has 282 valence electrons. The summed E-state index contributed by atoms with van der Waals surface area (Å²) in [6.07, 6.45) is 12.4. The van der Waals surface area contributed by atoms with Crippen molar-refractivity contribution in [1.82, 2.24) is 5.32 Å². The number of carbonyl (C=O) groups excluding carboxylic acids is 3. The molecule has 54 heavy (non-hydrogen) atoms. The first-order chi connectivity index (χ1) is 26.3. The minimum Gasteiger partial charge on any atom is -0.464 e. The zero-order valence-corrected chi connectivity index (χ0v) is 31.5. The van der Waals surface area contributed by atoms with E-state index in [2.05, 4.69) is 29.4 Å². The van der Waals surface area contributed by atoms with Crippen LogP contribution in [0.3, 0.4) is 0 Å². The van der Waals surface area contributed by atoms with Gasteiger partial charge >= 0.3 is 11.9 Å². The number of amides is 1. The van der Waals surface area contributed by atoms with Crippen molar-refractivity contribution in [1.29, 1.82) is 15.8 Å². The van der Waals surface area contributed by atoms with Crippen LogP contribution in [0.25, 0.3) is 6.08 Å². The second-order valence-electron chi connectivity index (χ2n) is 12.8. The van der Waals surface area contributed by atoms with Crippen LogP contribution in [-0.4, -0.2) is 44.1 Å². The average Bonchev–Trinajstić information content (AvgIpc) is 3.51. The van der Waals surface area contributed by atoms with Gasteiger partial charge in [-0.05, 0) is 67.3 Å². The first-order valence-corrected chi connectivity index (χ1v) is 18.7. The molecule has 0 bridgehead atoms. The van der Waals surface area contributed by atoms with E-state index in [0.717, 1.165) is 62.6 Å². The van der Waals surface area contributed by atoms with Gasteiger partial charge in [-0.25, -0.2) is 0 Å². The quantitative estimate of drug-likeness (QED) is 0.0535. The van der Waals surface area contributed by atoms with E-state index >= 15 is 0 Å². The van der Waals surface area contributed by atoms with E-state index in [4.69, 9.17) is 20.0 Å². The fourth-order valence-electron chi connectivity index (χ4n) is 5.67. The van der Waals surface area contributed by atoms with Crippen molar-refractivity contribution in [2.75, 3.05) is 31.2 Å². The first kappa shape index (κ1) is 42.4. The van der Waals surface area contributed by atoms with Crippen LogP contribution in [0.4, 0.5) is 17.1 Å². The maximum absolute atomic E-state index is 12.7.